The quantitative estimate of drug-likeness (QED) is 0.774. The fourth-order valence-electron chi connectivity index (χ4n) is 0.910. The van der Waals surface area contributed by atoms with E-state index in [1.54, 1.807) is 0 Å². The van der Waals surface area contributed by atoms with Gasteiger partial charge in [0.2, 0.25) is 0 Å². The summed E-state index contributed by atoms with van der Waals surface area (Å²) in [7, 11) is 1.96. The van der Waals surface area contributed by atoms with E-state index < -0.39 is 0 Å². The highest BCUT2D eigenvalue weighted by Gasteiger charge is 1.87. The monoisotopic (exact) mass is 193 g/mol. The van der Waals surface area contributed by atoms with Crippen molar-refractivity contribution in [1.29, 1.82) is 0 Å². The van der Waals surface area contributed by atoms with E-state index in [2.05, 4.69) is 50.4 Å². The van der Waals surface area contributed by atoms with Crippen LogP contribution in [-0.4, -0.2) is 7.05 Å². The Hall–Kier alpha value is -0.820. The van der Waals surface area contributed by atoms with Crippen molar-refractivity contribution in [3.05, 3.63) is 35.4 Å². The molecule has 0 aliphatic heterocycles. The van der Waals surface area contributed by atoms with E-state index in [1.807, 2.05) is 7.05 Å². The smallest absolute Gasteiger partial charge is 0.0202 e. The van der Waals surface area contributed by atoms with Crippen LogP contribution in [0.2, 0.25) is 0 Å². The van der Waals surface area contributed by atoms with E-state index in [4.69, 9.17) is 0 Å². The Morgan fingerprint density at radius 1 is 1.00 bits per heavy atom. The first-order valence-corrected chi connectivity index (χ1v) is 5.44. The average Bonchev–Trinajstić information content (AvgIpc) is 2.22. The van der Waals surface area contributed by atoms with Gasteiger partial charge >= 0.3 is 0 Å². The lowest BCUT2D eigenvalue weighted by molar-refractivity contribution is 0.817. The van der Waals surface area contributed by atoms with Crippen molar-refractivity contribution in [1.82, 2.24) is 5.32 Å². The molecule has 0 atom stereocenters. The van der Waals surface area contributed by atoms with Gasteiger partial charge in [0.15, 0.2) is 0 Å². The maximum atomic E-state index is 3.10. The molecule has 0 amide bonds. The SMILES string of the molecule is CCCC.CNCc1ccc(C)cc1. The van der Waals surface area contributed by atoms with Crippen LogP contribution in [0.15, 0.2) is 24.3 Å². The number of benzene rings is 1. The number of aryl methyl sites for hydroxylation is 1. The first-order valence-electron chi connectivity index (χ1n) is 5.44. The van der Waals surface area contributed by atoms with Crippen LogP contribution in [0.4, 0.5) is 0 Å². The molecular formula is C13H23N. The van der Waals surface area contributed by atoms with Crippen molar-refractivity contribution in [2.75, 3.05) is 7.05 Å². The molecule has 0 saturated heterocycles. The van der Waals surface area contributed by atoms with Gasteiger partial charge < -0.3 is 5.32 Å². The largest absolute Gasteiger partial charge is 0.316 e. The maximum absolute atomic E-state index is 3.10. The zero-order chi connectivity index (χ0) is 10.8. The molecule has 0 fully saturated rings. The molecule has 1 rings (SSSR count). The van der Waals surface area contributed by atoms with Crippen LogP contribution in [0.5, 0.6) is 0 Å². The summed E-state index contributed by atoms with van der Waals surface area (Å²) in [6.45, 7) is 7.42. The summed E-state index contributed by atoms with van der Waals surface area (Å²) in [5.74, 6) is 0. The second-order valence-corrected chi connectivity index (χ2v) is 3.52. The first-order chi connectivity index (χ1) is 6.74. The van der Waals surface area contributed by atoms with Gasteiger partial charge in [-0.15, -0.1) is 0 Å². The van der Waals surface area contributed by atoms with E-state index >= 15 is 0 Å². The molecule has 0 radical (unpaired) electrons. The summed E-state index contributed by atoms with van der Waals surface area (Å²) in [4.78, 5) is 0. The minimum absolute atomic E-state index is 0.959. The molecule has 0 aliphatic rings. The summed E-state index contributed by atoms with van der Waals surface area (Å²) >= 11 is 0. The Morgan fingerprint density at radius 3 is 1.86 bits per heavy atom. The van der Waals surface area contributed by atoms with Gasteiger partial charge in [-0.3, -0.25) is 0 Å². The molecule has 1 aromatic carbocycles. The summed E-state index contributed by atoms with van der Waals surface area (Å²) in [6.07, 6.45) is 2.64. The molecule has 80 valence electrons. The molecule has 1 nitrogen and oxygen atoms in total. The molecule has 1 aromatic rings. The van der Waals surface area contributed by atoms with Gasteiger partial charge in [-0.25, -0.2) is 0 Å². The van der Waals surface area contributed by atoms with Crippen molar-refractivity contribution in [3.8, 4) is 0 Å². The van der Waals surface area contributed by atoms with Gasteiger partial charge in [0, 0.05) is 6.54 Å². The third-order valence-corrected chi connectivity index (χ3v) is 2.00. The van der Waals surface area contributed by atoms with Crippen LogP contribution in [0.1, 0.15) is 37.8 Å². The van der Waals surface area contributed by atoms with Crippen LogP contribution in [0.3, 0.4) is 0 Å². The molecule has 1 N–H and O–H groups in total. The molecule has 0 bridgehead atoms. The fourth-order valence-corrected chi connectivity index (χ4v) is 0.910. The molecule has 0 heterocycles. The third kappa shape index (κ3) is 6.67. The zero-order valence-corrected chi connectivity index (χ0v) is 9.93. The summed E-state index contributed by atoms with van der Waals surface area (Å²) in [5.41, 5.74) is 2.66. The zero-order valence-electron chi connectivity index (χ0n) is 9.93. The first kappa shape index (κ1) is 13.2. The minimum Gasteiger partial charge on any atom is -0.316 e. The number of hydrogen-bond acceptors (Lipinski definition) is 1. The summed E-state index contributed by atoms with van der Waals surface area (Å²) in [5, 5.41) is 3.10. The molecule has 14 heavy (non-hydrogen) atoms. The number of rotatable bonds is 3. The average molecular weight is 193 g/mol. The fraction of sp³-hybridized carbons (Fsp3) is 0.538. The maximum Gasteiger partial charge on any atom is 0.0202 e. The number of unbranched alkanes of at least 4 members (excludes halogenated alkanes) is 1. The Kier molecular flexibility index (Phi) is 8.25. The number of nitrogens with one attached hydrogen (secondary N) is 1. The van der Waals surface area contributed by atoms with Gasteiger partial charge in [-0.05, 0) is 19.5 Å². The second kappa shape index (κ2) is 8.76. The molecule has 0 saturated carbocycles. The highest BCUT2D eigenvalue weighted by molar-refractivity contribution is 5.20. The molecule has 0 aromatic heterocycles. The lowest BCUT2D eigenvalue weighted by Crippen LogP contribution is -2.04. The summed E-state index contributed by atoms with van der Waals surface area (Å²) in [6, 6.07) is 8.55. The van der Waals surface area contributed by atoms with Gasteiger partial charge in [0.1, 0.15) is 0 Å². The van der Waals surface area contributed by atoms with Gasteiger partial charge in [0.05, 0.1) is 0 Å². The standard InChI is InChI=1S/C9H13N.C4H10/c1-8-3-5-9(6-4-8)7-10-2;1-3-4-2/h3-6,10H,7H2,1-2H3;3-4H2,1-2H3. The highest BCUT2D eigenvalue weighted by atomic mass is 14.8. The van der Waals surface area contributed by atoms with Crippen LogP contribution in [0.25, 0.3) is 0 Å². The Labute approximate surface area is 88.5 Å². The van der Waals surface area contributed by atoms with Crippen molar-refractivity contribution >= 4 is 0 Å². The Morgan fingerprint density at radius 2 is 1.50 bits per heavy atom. The predicted molar refractivity (Wildman–Crippen MR) is 64.5 cm³/mol. The highest BCUT2D eigenvalue weighted by Crippen LogP contribution is 2.01. The van der Waals surface area contributed by atoms with Crippen molar-refractivity contribution in [2.24, 2.45) is 0 Å². The van der Waals surface area contributed by atoms with Gasteiger partial charge in [-0.1, -0.05) is 56.5 Å². The number of hydrogen-bond donors (Lipinski definition) is 1. The molecule has 0 aliphatic carbocycles. The van der Waals surface area contributed by atoms with Crippen molar-refractivity contribution in [3.63, 3.8) is 0 Å². The van der Waals surface area contributed by atoms with Crippen LogP contribution >= 0.6 is 0 Å². The molecule has 0 unspecified atom stereocenters. The Balaban J connectivity index is 0.000000364. The molecule has 1 heteroatoms. The molecular weight excluding hydrogens is 170 g/mol. The third-order valence-electron chi connectivity index (χ3n) is 2.00. The van der Waals surface area contributed by atoms with Crippen molar-refractivity contribution in [2.45, 2.75) is 40.2 Å². The van der Waals surface area contributed by atoms with E-state index in [1.165, 1.54) is 24.0 Å². The van der Waals surface area contributed by atoms with Crippen LogP contribution in [-0.2, 0) is 6.54 Å². The topological polar surface area (TPSA) is 12.0 Å². The normalized spacial score (nSPS) is 9.14. The summed E-state index contributed by atoms with van der Waals surface area (Å²) < 4.78 is 0. The minimum atomic E-state index is 0.959. The van der Waals surface area contributed by atoms with Crippen LogP contribution in [0, 0.1) is 6.92 Å². The van der Waals surface area contributed by atoms with Gasteiger partial charge in [0.25, 0.3) is 0 Å². The lowest BCUT2D eigenvalue weighted by atomic mass is 10.1. The van der Waals surface area contributed by atoms with Crippen molar-refractivity contribution < 1.29 is 0 Å². The lowest BCUT2D eigenvalue weighted by Gasteiger charge is -1.98. The Bertz CT molecular complexity index is 211. The second-order valence-electron chi connectivity index (χ2n) is 3.52. The van der Waals surface area contributed by atoms with E-state index in [0.29, 0.717) is 0 Å². The van der Waals surface area contributed by atoms with E-state index in [9.17, 15) is 0 Å². The van der Waals surface area contributed by atoms with E-state index in [-0.39, 0.29) is 0 Å². The predicted octanol–water partition coefficient (Wildman–Crippen LogP) is 3.52. The van der Waals surface area contributed by atoms with Gasteiger partial charge in [-0.2, -0.15) is 0 Å². The van der Waals surface area contributed by atoms with E-state index in [0.717, 1.165) is 6.54 Å². The molecule has 0 spiro atoms. The van der Waals surface area contributed by atoms with Crippen LogP contribution < -0.4 is 5.32 Å².